The molecule has 1 amide bonds. The standard InChI is InChI=1S/C25H19FN4O3S3/c1-13-22(35-14(2)27-13)20(31)18-19(15-8-4-3-5-9-15)30(23(33)21(18)32)24-28-29-25(36-24)34-12-16-10-6-7-11-17(16)26/h3-11,19,32H,12H2,1-2H3. The molecule has 1 N–H and O–H groups in total. The van der Waals surface area contributed by atoms with Gasteiger partial charge in [-0.15, -0.1) is 21.5 Å². The molecule has 2 aromatic carbocycles. The van der Waals surface area contributed by atoms with E-state index < -0.39 is 23.5 Å². The Morgan fingerprint density at radius 2 is 1.81 bits per heavy atom. The van der Waals surface area contributed by atoms with Crippen LogP contribution in [0.5, 0.6) is 0 Å². The summed E-state index contributed by atoms with van der Waals surface area (Å²) in [5, 5.41) is 20.2. The molecule has 0 saturated carbocycles. The number of nitrogens with zero attached hydrogens (tertiary/aromatic N) is 4. The lowest BCUT2D eigenvalue weighted by atomic mass is 9.95. The number of thioether (sulfide) groups is 1. The number of thiazole rings is 1. The van der Waals surface area contributed by atoms with Gasteiger partial charge in [0, 0.05) is 5.75 Å². The van der Waals surface area contributed by atoms with E-state index in [0.717, 1.165) is 11.3 Å². The second-order valence-electron chi connectivity index (χ2n) is 7.96. The van der Waals surface area contributed by atoms with Crippen molar-refractivity contribution in [2.24, 2.45) is 0 Å². The van der Waals surface area contributed by atoms with E-state index >= 15 is 0 Å². The van der Waals surface area contributed by atoms with E-state index in [1.54, 1.807) is 56.3 Å². The molecule has 0 spiro atoms. The van der Waals surface area contributed by atoms with Gasteiger partial charge >= 0.3 is 0 Å². The van der Waals surface area contributed by atoms with Gasteiger partial charge in [0.25, 0.3) is 5.91 Å². The number of anilines is 1. The molecule has 0 fully saturated rings. The lowest BCUT2D eigenvalue weighted by Crippen LogP contribution is -2.31. The van der Waals surface area contributed by atoms with E-state index in [4.69, 9.17) is 0 Å². The molecule has 3 heterocycles. The third kappa shape index (κ3) is 4.45. The van der Waals surface area contributed by atoms with Crippen LogP contribution in [-0.2, 0) is 10.5 Å². The molecule has 2 aromatic heterocycles. The molecule has 4 aromatic rings. The van der Waals surface area contributed by atoms with Crippen molar-refractivity contribution in [2.45, 2.75) is 30.0 Å². The number of ketones is 1. The molecule has 1 unspecified atom stereocenters. The normalized spacial score (nSPS) is 15.7. The van der Waals surface area contributed by atoms with Gasteiger partial charge in [0.15, 0.2) is 10.1 Å². The maximum Gasteiger partial charge on any atom is 0.296 e. The first-order chi connectivity index (χ1) is 17.3. The van der Waals surface area contributed by atoms with E-state index in [-0.39, 0.29) is 16.5 Å². The summed E-state index contributed by atoms with van der Waals surface area (Å²) in [7, 11) is 0. The van der Waals surface area contributed by atoms with E-state index in [1.165, 1.54) is 34.1 Å². The summed E-state index contributed by atoms with van der Waals surface area (Å²) in [6, 6.07) is 14.6. The first-order valence-electron chi connectivity index (χ1n) is 10.8. The molecule has 11 heteroatoms. The number of hydrogen-bond acceptors (Lipinski definition) is 9. The first kappa shape index (κ1) is 24.3. The number of aryl methyl sites for hydroxylation is 2. The topological polar surface area (TPSA) is 96.3 Å². The minimum absolute atomic E-state index is 0.0197. The summed E-state index contributed by atoms with van der Waals surface area (Å²) in [6.45, 7) is 3.52. The van der Waals surface area contributed by atoms with Crippen LogP contribution in [0.4, 0.5) is 9.52 Å². The lowest BCUT2D eigenvalue weighted by molar-refractivity contribution is -0.117. The smallest absolute Gasteiger partial charge is 0.296 e. The predicted octanol–water partition coefficient (Wildman–Crippen LogP) is 5.83. The van der Waals surface area contributed by atoms with Crippen LogP contribution in [0.2, 0.25) is 0 Å². The molecular formula is C25H19FN4O3S3. The number of benzene rings is 2. The molecule has 0 aliphatic carbocycles. The van der Waals surface area contributed by atoms with Crippen LogP contribution in [0.3, 0.4) is 0 Å². The van der Waals surface area contributed by atoms with E-state index in [2.05, 4.69) is 15.2 Å². The quantitative estimate of drug-likeness (QED) is 0.180. The Balaban J connectivity index is 1.50. The second-order valence-corrected chi connectivity index (χ2v) is 11.3. The Hall–Kier alpha value is -3.41. The zero-order valence-electron chi connectivity index (χ0n) is 19.1. The molecular weight excluding hydrogens is 519 g/mol. The fourth-order valence-corrected chi connectivity index (χ4v) is 6.69. The largest absolute Gasteiger partial charge is 0.503 e. The molecule has 5 rings (SSSR count). The van der Waals surface area contributed by atoms with Crippen LogP contribution in [-0.4, -0.2) is 32.0 Å². The molecule has 1 aliphatic heterocycles. The van der Waals surface area contributed by atoms with Crippen LogP contribution in [0.15, 0.2) is 70.3 Å². The fourth-order valence-electron chi connectivity index (χ4n) is 3.96. The third-order valence-corrected chi connectivity index (χ3v) is 8.76. The van der Waals surface area contributed by atoms with Crippen LogP contribution in [0, 0.1) is 19.7 Å². The number of carbonyl (C=O) groups excluding carboxylic acids is 2. The fraction of sp³-hybridized carbons (Fsp3) is 0.160. The highest BCUT2D eigenvalue weighted by Crippen LogP contribution is 2.44. The molecule has 0 saturated heterocycles. The van der Waals surface area contributed by atoms with Crippen LogP contribution in [0.1, 0.15) is 37.5 Å². The van der Waals surface area contributed by atoms with Crippen molar-refractivity contribution in [1.29, 1.82) is 0 Å². The third-order valence-electron chi connectivity index (χ3n) is 5.59. The summed E-state index contributed by atoms with van der Waals surface area (Å²) < 4.78 is 14.5. The first-order valence-corrected chi connectivity index (χ1v) is 13.5. The Morgan fingerprint density at radius 3 is 2.50 bits per heavy atom. The average molecular weight is 539 g/mol. The second kappa shape index (κ2) is 9.92. The zero-order chi connectivity index (χ0) is 25.4. The van der Waals surface area contributed by atoms with Gasteiger partial charge < -0.3 is 5.11 Å². The van der Waals surface area contributed by atoms with Crippen molar-refractivity contribution in [3.63, 3.8) is 0 Å². The highest BCUT2D eigenvalue weighted by atomic mass is 32.2. The summed E-state index contributed by atoms with van der Waals surface area (Å²) >= 11 is 3.65. The van der Waals surface area contributed by atoms with Crippen molar-refractivity contribution in [3.05, 3.63) is 98.5 Å². The molecule has 1 atom stereocenters. The molecule has 0 radical (unpaired) electrons. The maximum absolute atomic E-state index is 14.0. The van der Waals surface area contributed by atoms with Crippen molar-refractivity contribution < 1.29 is 19.1 Å². The number of aliphatic hydroxyl groups excluding tert-OH is 1. The Kier molecular flexibility index (Phi) is 6.69. The summed E-state index contributed by atoms with van der Waals surface area (Å²) in [5.41, 5.74) is 1.70. The minimum atomic E-state index is -0.884. The van der Waals surface area contributed by atoms with Crippen molar-refractivity contribution in [3.8, 4) is 0 Å². The molecule has 36 heavy (non-hydrogen) atoms. The Morgan fingerprint density at radius 1 is 1.08 bits per heavy atom. The van der Waals surface area contributed by atoms with Gasteiger partial charge in [-0.1, -0.05) is 71.6 Å². The monoisotopic (exact) mass is 538 g/mol. The number of halogens is 1. The number of aliphatic hydroxyl groups is 1. The van der Waals surface area contributed by atoms with E-state index in [9.17, 15) is 19.1 Å². The van der Waals surface area contributed by atoms with Gasteiger partial charge in [-0.05, 0) is 31.0 Å². The Bertz CT molecular complexity index is 1500. The van der Waals surface area contributed by atoms with E-state index in [1.807, 2.05) is 6.07 Å². The van der Waals surface area contributed by atoms with Crippen LogP contribution < -0.4 is 4.90 Å². The number of rotatable bonds is 7. The van der Waals surface area contributed by atoms with Crippen molar-refractivity contribution in [2.75, 3.05) is 4.90 Å². The summed E-state index contributed by atoms with van der Waals surface area (Å²) in [4.78, 5) is 32.9. The zero-order valence-corrected chi connectivity index (χ0v) is 21.6. The summed E-state index contributed by atoms with van der Waals surface area (Å²) in [6.07, 6.45) is 0. The van der Waals surface area contributed by atoms with Crippen LogP contribution in [0.25, 0.3) is 0 Å². The Labute approximate surface area is 218 Å². The van der Waals surface area contributed by atoms with Gasteiger partial charge in [0.2, 0.25) is 10.9 Å². The predicted molar refractivity (Wildman–Crippen MR) is 138 cm³/mol. The van der Waals surface area contributed by atoms with Gasteiger partial charge in [-0.3, -0.25) is 14.5 Å². The van der Waals surface area contributed by atoms with E-state index in [0.29, 0.717) is 36.8 Å². The number of aromatic nitrogens is 3. The van der Waals surface area contributed by atoms with Crippen LogP contribution >= 0.6 is 34.4 Å². The SMILES string of the molecule is Cc1nc(C)c(C(=O)C2=C(O)C(=O)N(c3nnc(SCc4ccccc4F)s3)C2c2ccccc2)s1. The summed E-state index contributed by atoms with van der Waals surface area (Å²) in [5.74, 6) is -1.75. The van der Waals surface area contributed by atoms with Gasteiger partial charge in [0.1, 0.15) is 5.82 Å². The van der Waals surface area contributed by atoms with Gasteiger partial charge in [0.05, 0.1) is 27.2 Å². The molecule has 7 nitrogen and oxygen atoms in total. The highest BCUT2D eigenvalue weighted by molar-refractivity contribution is 8.00. The number of amides is 1. The number of Topliss-reactive ketones (excluding diaryl/α,β-unsaturated/α-hetero) is 1. The lowest BCUT2D eigenvalue weighted by Gasteiger charge is -2.23. The molecule has 182 valence electrons. The molecule has 0 bridgehead atoms. The minimum Gasteiger partial charge on any atom is -0.503 e. The average Bonchev–Trinajstić information content (AvgIpc) is 3.55. The van der Waals surface area contributed by atoms with Crippen molar-refractivity contribution >= 4 is 51.3 Å². The molecule has 1 aliphatic rings. The maximum atomic E-state index is 14.0. The number of carbonyl (C=O) groups is 2. The highest BCUT2D eigenvalue weighted by Gasteiger charge is 2.46. The van der Waals surface area contributed by atoms with Crippen molar-refractivity contribution in [1.82, 2.24) is 15.2 Å². The van der Waals surface area contributed by atoms with Gasteiger partial charge in [-0.25, -0.2) is 9.37 Å². The number of hydrogen-bond donors (Lipinski definition) is 1. The van der Waals surface area contributed by atoms with Gasteiger partial charge in [-0.2, -0.15) is 0 Å².